The largest absolute Gasteiger partial charge is 0.399 e. The Balaban J connectivity index is 3.38. The van der Waals surface area contributed by atoms with Gasteiger partial charge < -0.3 is 16.8 Å². The first-order chi connectivity index (χ1) is 7.88. The molecule has 0 aliphatic rings. The van der Waals surface area contributed by atoms with E-state index >= 15 is 0 Å². The molecule has 0 atom stereocenters. The van der Waals surface area contributed by atoms with E-state index in [1.54, 1.807) is 19.1 Å². The molecule has 0 aliphatic heterocycles. The van der Waals surface area contributed by atoms with Crippen LogP contribution >= 0.6 is 15.9 Å². The van der Waals surface area contributed by atoms with Gasteiger partial charge in [0.05, 0.1) is 5.69 Å². The third-order valence-corrected chi connectivity index (χ3v) is 2.76. The number of guanidine groups is 1. The summed E-state index contributed by atoms with van der Waals surface area (Å²) in [7, 11) is 1.47. The zero-order chi connectivity index (χ0) is 13.2. The van der Waals surface area contributed by atoms with Gasteiger partial charge in [-0.3, -0.25) is 5.41 Å². The Morgan fingerprint density at radius 3 is 2.53 bits per heavy atom. The standard InChI is InChI=1S/C10H14BrN5O/c1-5-3-6(12)4-7(11)8(5)16(9(13)14)10(17)15-2/h3-4H,12H2,1-2H3,(H3,13,14)(H,15,17). The van der Waals surface area contributed by atoms with Gasteiger partial charge in [-0.15, -0.1) is 0 Å². The number of nitrogens with two attached hydrogens (primary N) is 2. The average Bonchev–Trinajstić information content (AvgIpc) is 2.21. The van der Waals surface area contributed by atoms with Crippen molar-refractivity contribution < 1.29 is 4.79 Å². The fourth-order valence-corrected chi connectivity index (χ4v) is 2.24. The van der Waals surface area contributed by atoms with Crippen LogP contribution in [0, 0.1) is 12.3 Å². The number of hydrogen-bond acceptors (Lipinski definition) is 3. The first-order valence-corrected chi connectivity index (χ1v) is 5.59. The second kappa shape index (κ2) is 5.05. The molecule has 1 aromatic carbocycles. The third-order valence-electron chi connectivity index (χ3n) is 2.16. The quantitative estimate of drug-likeness (QED) is 0.357. The Labute approximate surface area is 108 Å². The summed E-state index contributed by atoms with van der Waals surface area (Å²) in [5.74, 6) is -0.363. The lowest BCUT2D eigenvalue weighted by Gasteiger charge is -2.23. The van der Waals surface area contributed by atoms with Crippen molar-refractivity contribution in [2.45, 2.75) is 6.92 Å². The summed E-state index contributed by atoms with van der Waals surface area (Å²) in [5.41, 5.74) is 12.9. The van der Waals surface area contributed by atoms with Crippen LogP contribution in [0.5, 0.6) is 0 Å². The summed E-state index contributed by atoms with van der Waals surface area (Å²) in [6.07, 6.45) is 0. The number of rotatable bonds is 1. The van der Waals surface area contributed by atoms with Gasteiger partial charge in [0.1, 0.15) is 0 Å². The number of anilines is 2. The number of carbonyl (C=O) groups excluding carboxylic acids is 1. The van der Waals surface area contributed by atoms with Crippen molar-refractivity contribution >= 4 is 39.3 Å². The maximum atomic E-state index is 11.7. The van der Waals surface area contributed by atoms with Gasteiger partial charge in [0.25, 0.3) is 0 Å². The molecule has 0 saturated heterocycles. The summed E-state index contributed by atoms with van der Waals surface area (Å²) < 4.78 is 0.605. The number of urea groups is 1. The lowest BCUT2D eigenvalue weighted by molar-refractivity contribution is 0.251. The molecule has 0 heterocycles. The number of benzene rings is 1. The third kappa shape index (κ3) is 2.68. The molecule has 0 unspecified atom stereocenters. The van der Waals surface area contributed by atoms with E-state index in [9.17, 15) is 4.79 Å². The van der Waals surface area contributed by atoms with Crippen LogP contribution in [0.15, 0.2) is 16.6 Å². The molecule has 0 fully saturated rings. The molecule has 0 bridgehead atoms. The molecule has 0 radical (unpaired) electrons. The van der Waals surface area contributed by atoms with Crippen LogP contribution in [0.1, 0.15) is 5.56 Å². The maximum absolute atomic E-state index is 11.7. The maximum Gasteiger partial charge on any atom is 0.328 e. The SMILES string of the molecule is CNC(=O)N(C(=N)N)c1c(C)cc(N)cc1Br. The molecule has 1 aromatic rings. The number of nitrogens with zero attached hydrogens (tertiary/aromatic N) is 1. The first-order valence-electron chi connectivity index (χ1n) is 4.80. The van der Waals surface area contributed by atoms with E-state index in [4.69, 9.17) is 16.9 Å². The normalized spacial score (nSPS) is 9.82. The zero-order valence-electron chi connectivity index (χ0n) is 9.54. The molecule has 2 amide bonds. The molecule has 17 heavy (non-hydrogen) atoms. The molecule has 0 aliphatic carbocycles. The summed E-state index contributed by atoms with van der Waals surface area (Å²) in [6, 6.07) is 2.88. The number of hydrogen-bond donors (Lipinski definition) is 4. The van der Waals surface area contributed by atoms with Crippen LogP contribution in [-0.4, -0.2) is 19.0 Å². The number of carbonyl (C=O) groups is 1. The zero-order valence-corrected chi connectivity index (χ0v) is 11.1. The van der Waals surface area contributed by atoms with Crippen molar-refractivity contribution in [2.24, 2.45) is 5.73 Å². The van der Waals surface area contributed by atoms with E-state index in [1.807, 2.05) is 0 Å². The van der Waals surface area contributed by atoms with E-state index in [0.29, 0.717) is 15.8 Å². The highest BCUT2D eigenvalue weighted by atomic mass is 79.9. The minimum Gasteiger partial charge on any atom is -0.399 e. The van der Waals surface area contributed by atoms with Crippen LogP contribution in [0.3, 0.4) is 0 Å². The van der Waals surface area contributed by atoms with Gasteiger partial charge in [0.15, 0.2) is 0 Å². The van der Waals surface area contributed by atoms with Crippen LogP contribution in [-0.2, 0) is 0 Å². The van der Waals surface area contributed by atoms with Crippen molar-refractivity contribution in [3.8, 4) is 0 Å². The van der Waals surface area contributed by atoms with Gasteiger partial charge in [-0.1, -0.05) is 0 Å². The van der Waals surface area contributed by atoms with Crippen LogP contribution in [0.4, 0.5) is 16.2 Å². The Bertz CT molecular complexity index is 451. The van der Waals surface area contributed by atoms with Crippen molar-refractivity contribution in [3.05, 3.63) is 22.2 Å². The molecular weight excluding hydrogens is 286 g/mol. The van der Waals surface area contributed by atoms with Gasteiger partial charge in [-0.25, -0.2) is 9.69 Å². The second-order valence-electron chi connectivity index (χ2n) is 3.44. The molecule has 7 heteroatoms. The van der Waals surface area contributed by atoms with Crippen molar-refractivity contribution in [2.75, 3.05) is 17.7 Å². The topological polar surface area (TPSA) is 108 Å². The number of nitrogen functional groups attached to an aromatic ring is 1. The van der Waals surface area contributed by atoms with E-state index in [1.165, 1.54) is 7.05 Å². The van der Waals surface area contributed by atoms with Gasteiger partial charge in [-0.2, -0.15) is 0 Å². The van der Waals surface area contributed by atoms with E-state index in [0.717, 1.165) is 10.5 Å². The number of halogens is 1. The fourth-order valence-electron chi connectivity index (χ4n) is 1.49. The first kappa shape index (κ1) is 13.3. The lowest BCUT2D eigenvalue weighted by atomic mass is 10.1. The van der Waals surface area contributed by atoms with Gasteiger partial charge in [0, 0.05) is 17.2 Å². The van der Waals surface area contributed by atoms with Gasteiger partial charge >= 0.3 is 6.03 Å². The van der Waals surface area contributed by atoms with Crippen LogP contribution in [0.25, 0.3) is 0 Å². The summed E-state index contributed by atoms with van der Waals surface area (Å²) in [5, 5.41) is 9.89. The molecular formula is C10H14BrN5O. The molecule has 0 spiro atoms. The Hall–Kier alpha value is -1.76. The number of amides is 2. The molecule has 1 rings (SSSR count). The highest BCUT2D eigenvalue weighted by molar-refractivity contribution is 9.10. The Kier molecular flexibility index (Phi) is 3.95. The van der Waals surface area contributed by atoms with Gasteiger partial charge in [0.2, 0.25) is 5.96 Å². The summed E-state index contributed by atoms with van der Waals surface area (Å²) in [6.45, 7) is 1.79. The van der Waals surface area contributed by atoms with Crippen molar-refractivity contribution in [1.29, 1.82) is 5.41 Å². The molecule has 6 N–H and O–H groups in total. The van der Waals surface area contributed by atoms with E-state index < -0.39 is 6.03 Å². The van der Waals surface area contributed by atoms with Crippen LogP contribution < -0.4 is 21.7 Å². The van der Waals surface area contributed by atoms with Crippen LogP contribution in [0.2, 0.25) is 0 Å². The smallest absolute Gasteiger partial charge is 0.328 e. The minimum absolute atomic E-state index is 0.363. The van der Waals surface area contributed by atoms with Crippen molar-refractivity contribution in [3.63, 3.8) is 0 Å². The highest BCUT2D eigenvalue weighted by Gasteiger charge is 2.22. The van der Waals surface area contributed by atoms with Crippen molar-refractivity contribution in [1.82, 2.24) is 5.32 Å². The predicted molar refractivity (Wildman–Crippen MR) is 72.1 cm³/mol. The molecule has 6 nitrogen and oxygen atoms in total. The predicted octanol–water partition coefficient (Wildman–Crippen LogP) is 1.38. The Morgan fingerprint density at radius 2 is 2.12 bits per heavy atom. The molecule has 92 valence electrons. The highest BCUT2D eigenvalue weighted by Crippen LogP contribution is 2.32. The fraction of sp³-hybridized carbons (Fsp3) is 0.200. The lowest BCUT2D eigenvalue weighted by Crippen LogP contribution is -2.46. The monoisotopic (exact) mass is 299 g/mol. The second-order valence-corrected chi connectivity index (χ2v) is 4.30. The van der Waals surface area contributed by atoms with Gasteiger partial charge in [-0.05, 0) is 40.5 Å². The van der Waals surface area contributed by atoms with E-state index in [2.05, 4.69) is 21.2 Å². The molecule has 0 saturated carbocycles. The molecule has 0 aromatic heterocycles. The minimum atomic E-state index is -0.480. The number of nitrogens with one attached hydrogen (secondary N) is 2. The Morgan fingerprint density at radius 1 is 1.53 bits per heavy atom. The van der Waals surface area contributed by atoms with E-state index in [-0.39, 0.29) is 5.96 Å². The summed E-state index contributed by atoms with van der Waals surface area (Å²) >= 11 is 3.31. The summed E-state index contributed by atoms with van der Waals surface area (Å²) in [4.78, 5) is 12.8. The number of aryl methyl sites for hydroxylation is 1. The average molecular weight is 300 g/mol.